The molecule has 0 heterocycles. The Morgan fingerprint density at radius 1 is 0.279 bits per heavy atom. The van der Waals surface area contributed by atoms with Crippen LogP contribution in [0.3, 0.4) is 0 Å². The summed E-state index contributed by atoms with van der Waals surface area (Å²) >= 11 is 18.6. The summed E-state index contributed by atoms with van der Waals surface area (Å²) in [7, 11) is 5.35. The summed E-state index contributed by atoms with van der Waals surface area (Å²) < 4.78 is 5.84. The van der Waals surface area contributed by atoms with Crippen molar-refractivity contribution >= 4 is 106 Å². The van der Waals surface area contributed by atoms with E-state index in [9.17, 15) is 19.2 Å². The minimum absolute atomic E-state index is 0.0505. The quantitative estimate of drug-likeness (QED) is 0.0149. The summed E-state index contributed by atoms with van der Waals surface area (Å²) in [5.41, 5.74) is 58.3. The van der Waals surface area contributed by atoms with Gasteiger partial charge in [-0.2, -0.15) is 0 Å². The van der Waals surface area contributed by atoms with Gasteiger partial charge in [-0.1, -0.05) is 277 Å². The first-order chi connectivity index (χ1) is 62.3. The fourth-order valence-corrected chi connectivity index (χ4v) is 13.6. The van der Waals surface area contributed by atoms with Crippen LogP contribution in [-0.2, 0) is 78.5 Å². The molecule has 13 aromatic rings. The first kappa shape index (κ1) is 95.9. The Kier molecular flexibility index (Phi) is 37.2. The molecule has 0 saturated heterocycles. The molecule has 0 spiro atoms. The molecule has 13 rings (SSSR count). The van der Waals surface area contributed by atoms with Gasteiger partial charge in [0, 0.05) is 111 Å². The Hall–Kier alpha value is -15.3. The van der Waals surface area contributed by atoms with Crippen molar-refractivity contribution in [3.63, 3.8) is 0 Å². The summed E-state index contributed by atoms with van der Waals surface area (Å²) in [5, 5.41) is 4.91. The third-order valence-electron chi connectivity index (χ3n) is 19.9. The first-order valence-electron chi connectivity index (χ1n) is 41.2. The van der Waals surface area contributed by atoms with Crippen LogP contribution in [0.2, 0.25) is 15.1 Å². The van der Waals surface area contributed by atoms with Crippen molar-refractivity contribution < 1.29 is 23.9 Å². The van der Waals surface area contributed by atoms with Crippen LogP contribution in [0.1, 0.15) is 66.8 Å². The van der Waals surface area contributed by atoms with E-state index in [0.29, 0.717) is 105 Å². The average molecular weight is 1790 g/mol. The summed E-state index contributed by atoms with van der Waals surface area (Å²) in [6, 6.07) is 109. The van der Waals surface area contributed by atoms with Crippen LogP contribution in [0.5, 0.6) is 11.5 Å². The number of amides is 8. The lowest BCUT2D eigenvalue weighted by atomic mass is 10.1. The summed E-state index contributed by atoms with van der Waals surface area (Å²) in [4.78, 5) is 81.6. The Balaban J connectivity index is 0.000000180. The van der Waals surface area contributed by atoms with Gasteiger partial charge < -0.3 is 75.5 Å². The van der Waals surface area contributed by atoms with Gasteiger partial charge in [0.2, 0.25) is 0 Å². The molecule has 0 unspecified atom stereocenters. The van der Waals surface area contributed by atoms with Gasteiger partial charge in [-0.3, -0.25) is 14.7 Å². The summed E-state index contributed by atoms with van der Waals surface area (Å²) in [5.74, 6) is 1.67. The van der Waals surface area contributed by atoms with Crippen LogP contribution < -0.4 is 70.6 Å². The number of urea groups is 4. The maximum Gasteiger partial charge on any atom is 0.324 e. The van der Waals surface area contributed by atoms with Crippen LogP contribution in [0.15, 0.2) is 366 Å². The van der Waals surface area contributed by atoms with Gasteiger partial charge in [-0.05, 0) is 170 Å². The van der Waals surface area contributed by atoms with Gasteiger partial charge in [0.1, 0.15) is 11.5 Å². The van der Waals surface area contributed by atoms with Crippen LogP contribution in [0.25, 0.3) is 0 Å². The molecule has 17 N–H and O–H groups in total. The monoisotopic (exact) mass is 1780 g/mol. The first-order valence-corrected chi connectivity index (χ1v) is 42.4. The molecule has 0 aliphatic rings. The maximum absolute atomic E-state index is 13.4. The molecule has 0 bridgehead atoms. The lowest BCUT2D eigenvalue weighted by Crippen LogP contribution is -2.40. The molecule has 28 heteroatoms. The maximum atomic E-state index is 13.4. The molecule has 25 nitrogen and oxygen atoms in total. The van der Waals surface area contributed by atoms with Gasteiger partial charge in [0.15, 0.2) is 23.8 Å². The zero-order valence-corrected chi connectivity index (χ0v) is 74.4. The molecule has 0 radical (unpaired) electrons. The standard InChI is InChI=1S/C29H28ClN5O2.2C24H26ClN5O.C24H27N5O/c30-24-12-10-23(11-13-24)20-35(19-22-8-6-21(7-9-22)18-33-28(31)32)29(36)34-25-14-16-27(17-15-25)37-26-4-2-1-3-5-26;1-29(22-8-3-2-4-9-22)24(31)30(17-20-6-5-7-21(25)14-20)16-19-12-10-18(11-13-19)15-28-23(26)27;1-29(21-8-3-2-4-9-21)24(31)30(17-20-7-5-6-10-22(20)25)16-19-13-11-18(12-14-19)15-28-23(26)27;1-28(22-10-6-3-7-11-22)24(30)29(17-20-8-4-2-5-9-20)18-21-14-12-19(13-15-21)16-27-23(25)26/h1-17H,18-20H2,(H,34,36)(H4,31,32,33);2*2-14H,15-17H2,1H3,(H4,26,27,28);2-15H,16-18H2,1H3,(H4,25,26,27). The molecule has 0 fully saturated rings. The van der Waals surface area contributed by atoms with Crippen molar-refractivity contribution in [3.8, 4) is 11.5 Å². The van der Waals surface area contributed by atoms with E-state index in [-0.39, 0.29) is 48.0 Å². The fraction of sp³-hybridized carbons (Fsp3) is 0.149. The number of aliphatic imine (C=N–C) groups is 4. The van der Waals surface area contributed by atoms with E-state index in [4.69, 9.17) is 85.4 Å². The topological polar surface area (TPSA) is 370 Å². The Bertz CT molecular complexity index is 5790. The zero-order valence-electron chi connectivity index (χ0n) is 72.1. The molecular formula is C101H107Cl3N20O5. The molecule has 0 atom stereocenters. The number of nitrogens with two attached hydrogens (primary N) is 8. The van der Waals surface area contributed by atoms with E-state index in [1.165, 1.54) is 0 Å². The second-order valence-corrected chi connectivity index (χ2v) is 31.2. The number of benzene rings is 13. The third-order valence-corrected chi connectivity index (χ3v) is 20.8. The molecular weight excluding hydrogens is 1680 g/mol. The predicted molar refractivity (Wildman–Crippen MR) is 524 cm³/mol. The lowest BCUT2D eigenvalue weighted by Gasteiger charge is -2.29. The van der Waals surface area contributed by atoms with Crippen molar-refractivity contribution in [1.82, 2.24) is 19.6 Å². The molecule has 8 amide bonds. The number of para-hydroxylation sites is 4. The van der Waals surface area contributed by atoms with E-state index < -0.39 is 0 Å². The van der Waals surface area contributed by atoms with Gasteiger partial charge in [-0.15, -0.1) is 0 Å². The second kappa shape index (κ2) is 50.0. The average Bonchev–Trinajstić information content (AvgIpc) is 0.865. The SMILES string of the molecule is CN(C(=O)N(Cc1ccc(CN=C(N)N)cc1)Cc1cccc(Cl)c1)c1ccccc1.CN(C(=O)N(Cc1ccc(CN=C(N)N)cc1)Cc1ccccc1Cl)c1ccccc1.CN(C(=O)N(Cc1ccccc1)Cc1ccc(CN=C(N)N)cc1)c1ccccc1.NC(N)=NCc1ccc(CN(Cc2ccc(Cl)cc2)C(=O)Nc2ccc(Oc3ccccc3)cc2)cc1. The van der Waals surface area contributed by atoms with Crippen LogP contribution in [-0.4, -0.2) is 88.7 Å². The number of halogens is 3. The highest BCUT2D eigenvalue weighted by Gasteiger charge is 2.25. The van der Waals surface area contributed by atoms with Crippen molar-refractivity contribution in [2.75, 3.05) is 41.2 Å². The van der Waals surface area contributed by atoms with Gasteiger partial charge in [0.25, 0.3) is 0 Å². The fourth-order valence-electron chi connectivity index (χ4n) is 13.0. The number of guanidine groups is 4. The van der Waals surface area contributed by atoms with Gasteiger partial charge >= 0.3 is 24.1 Å². The third kappa shape index (κ3) is 32.6. The van der Waals surface area contributed by atoms with E-state index in [2.05, 4.69) is 25.3 Å². The van der Waals surface area contributed by atoms with E-state index >= 15 is 0 Å². The number of rotatable bonds is 30. The molecule has 13 aromatic carbocycles. The number of carbonyl (C=O) groups excluding carboxylic acids is 4. The highest BCUT2D eigenvalue weighted by Crippen LogP contribution is 2.28. The highest BCUT2D eigenvalue weighted by molar-refractivity contribution is 6.31. The summed E-state index contributed by atoms with van der Waals surface area (Å²) in [6.45, 7) is 5.23. The van der Waals surface area contributed by atoms with Crippen molar-refractivity contribution in [2.24, 2.45) is 65.8 Å². The van der Waals surface area contributed by atoms with E-state index in [0.717, 1.165) is 89.6 Å². The minimum Gasteiger partial charge on any atom is -0.457 e. The van der Waals surface area contributed by atoms with Crippen LogP contribution in [0.4, 0.5) is 41.9 Å². The number of hydrogen-bond donors (Lipinski definition) is 9. The smallest absolute Gasteiger partial charge is 0.324 e. The Morgan fingerprint density at radius 3 is 0.907 bits per heavy atom. The zero-order chi connectivity index (χ0) is 91.8. The molecule has 0 aromatic heterocycles. The molecule has 129 heavy (non-hydrogen) atoms. The normalized spacial score (nSPS) is 10.4. The Labute approximate surface area is 768 Å². The van der Waals surface area contributed by atoms with Gasteiger partial charge in [-0.25, -0.2) is 39.1 Å². The number of ether oxygens (including phenoxy) is 1. The number of nitrogens with one attached hydrogen (secondary N) is 1. The van der Waals surface area contributed by atoms with Gasteiger partial charge in [0.05, 0.1) is 26.2 Å². The van der Waals surface area contributed by atoms with Crippen LogP contribution >= 0.6 is 34.8 Å². The predicted octanol–water partition coefficient (Wildman–Crippen LogP) is 18.6. The largest absolute Gasteiger partial charge is 0.457 e. The number of anilines is 4. The molecule has 662 valence electrons. The summed E-state index contributed by atoms with van der Waals surface area (Å²) in [6.07, 6.45) is 0. The molecule has 0 saturated carbocycles. The number of hydrogen-bond acceptors (Lipinski definition) is 9. The second-order valence-electron chi connectivity index (χ2n) is 29.9. The lowest BCUT2D eigenvalue weighted by molar-refractivity contribution is 0.200. The number of nitrogens with zero attached hydrogens (tertiary/aromatic N) is 11. The minimum atomic E-state index is -0.226. The van der Waals surface area contributed by atoms with Crippen molar-refractivity contribution in [1.29, 1.82) is 0 Å². The highest BCUT2D eigenvalue weighted by atomic mass is 35.5. The molecule has 0 aliphatic carbocycles. The Morgan fingerprint density at radius 2 is 0.558 bits per heavy atom. The van der Waals surface area contributed by atoms with Crippen molar-refractivity contribution in [3.05, 3.63) is 428 Å². The van der Waals surface area contributed by atoms with Crippen molar-refractivity contribution in [2.45, 2.75) is 78.5 Å². The van der Waals surface area contributed by atoms with Crippen LogP contribution in [0, 0.1) is 0 Å². The van der Waals surface area contributed by atoms with E-state index in [1.807, 2.05) is 351 Å². The molecule has 0 aliphatic heterocycles. The number of carbonyl (C=O) groups is 4. The van der Waals surface area contributed by atoms with E-state index in [1.54, 1.807) is 50.5 Å².